The van der Waals surface area contributed by atoms with Crippen LogP contribution in [0.5, 0.6) is 0 Å². The van der Waals surface area contributed by atoms with Gasteiger partial charge in [0.25, 0.3) is 0 Å². The molecule has 122 valence electrons. The van der Waals surface area contributed by atoms with Crippen molar-refractivity contribution in [3.05, 3.63) is 23.5 Å². The molecular formula is C13H24ClN3O2Si3. The average Bonchev–Trinajstić information content (AvgIpc) is 2.66. The summed E-state index contributed by atoms with van der Waals surface area (Å²) in [5.74, 6) is 0. The Labute approximate surface area is 140 Å². The lowest BCUT2D eigenvalue weighted by Crippen LogP contribution is -2.61. The van der Waals surface area contributed by atoms with Gasteiger partial charge in [-0.15, -0.1) is 0 Å². The van der Waals surface area contributed by atoms with E-state index in [0.717, 1.165) is 11.0 Å². The van der Waals surface area contributed by atoms with E-state index >= 15 is 0 Å². The smallest absolute Gasteiger partial charge is 0.369 e. The fourth-order valence-corrected chi connectivity index (χ4v) is 14.2. The summed E-state index contributed by atoms with van der Waals surface area (Å²) >= 11 is 6.06. The number of imidazole rings is 1. The van der Waals surface area contributed by atoms with E-state index in [1.54, 1.807) is 10.6 Å². The second-order valence-electron chi connectivity index (χ2n) is 7.44. The zero-order chi connectivity index (χ0) is 16.8. The minimum atomic E-state index is -2.63. The van der Waals surface area contributed by atoms with E-state index in [9.17, 15) is 0 Å². The van der Waals surface area contributed by atoms with Gasteiger partial charge in [0.1, 0.15) is 10.5 Å². The Morgan fingerprint density at radius 1 is 0.955 bits per heavy atom. The quantitative estimate of drug-likeness (QED) is 0.754. The maximum Gasteiger partial charge on any atom is 0.369 e. The monoisotopic (exact) mass is 373 g/mol. The largest absolute Gasteiger partial charge is 0.433 e. The van der Waals surface area contributed by atoms with E-state index in [4.69, 9.17) is 19.8 Å². The average molecular weight is 374 g/mol. The van der Waals surface area contributed by atoms with Crippen LogP contribution in [0.4, 0.5) is 0 Å². The van der Waals surface area contributed by atoms with Crippen molar-refractivity contribution < 1.29 is 8.23 Å². The molecule has 0 atom stereocenters. The lowest BCUT2D eigenvalue weighted by atomic mass is 10.6. The molecule has 0 spiro atoms. The first-order valence-corrected chi connectivity index (χ1v) is 16.8. The summed E-state index contributed by atoms with van der Waals surface area (Å²) < 4.78 is 14.9. The van der Waals surface area contributed by atoms with Crippen molar-refractivity contribution >= 4 is 47.8 Å². The summed E-state index contributed by atoms with van der Waals surface area (Å²) in [5, 5.41) is 5.73. The fourth-order valence-electron chi connectivity index (χ4n) is 2.45. The van der Waals surface area contributed by atoms with Gasteiger partial charge in [-0.3, -0.25) is 0 Å². The Morgan fingerprint density at radius 3 is 2.00 bits per heavy atom. The molecular weight excluding hydrogens is 350 g/mol. The van der Waals surface area contributed by atoms with Gasteiger partial charge in [0.2, 0.25) is 0 Å². The highest BCUT2D eigenvalue weighted by molar-refractivity contribution is 6.93. The minimum Gasteiger partial charge on any atom is -0.433 e. The van der Waals surface area contributed by atoms with E-state index in [0.29, 0.717) is 5.15 Å². The number of fused-ring (bicyclic) bond motifs is 1. The zero-order valence-electron chi connectivity index (χ0n) is 14.3. The van der Waals surface area contributed by atoms with Crippen molar-refractivity contribution in [1.82, 2.24) is 14.6 Å². The lowest BCUT2D eigenvalue weighted by molar-refractivity contribution is 0.402. The van der Waals surface area contributed by atoms with Crippen LogP contribution in [-0.4, -0.2) is 39.8 Å². The van der Waals surface area contributed by atoms with Crippen LogP contribution in [0, 0.1) is 0 Å². The molecule has 2 heterocycles. The highest BCUT2D eigenvalue weighted by Crippen LogP contribution is 2.21. The Kier molecular flexibility index (Phi) is 4.73. The van der Waals surface area contributed by atoms with Crippen LogP contribution < -0.4 is 5.32 Å². The van der Waals surface area contributed by atoms with Crippen LogP contribution in [0.3, 0.4) is 0 Å². The van der Waals surface area contributed by atoms with Crippen molar-refractivity contribution in [3.8, 4) is 0 Å². The SMILES string of the molecule is C[Si](C)(C)O[Si](C)(O[Si](C)(C)C)c1cnc2ccc(Cl)nn12. The van der Waals surface area contributed by atoms with Crippen LogP contribution in [0.15, 0.2) is 18.3 Å². The highest BCUT2D eigenvalue weighted by Gasteiger charge is 2.44. The van der Waals surface area contributed by atoms with Crippen LogP contribution in [0.1, 0.15) is 0 Å². The summed E-state index contributed by atoms with van der Waals surface area (Å²) in [4.78, 5) is 4.43. The molecule has 2 rings (SSSR count). The Balaban J connectivity index is 2.58. The molecule has 0 saturated carbocycles. The Morgan fingerprint density at radius 2 is 1.50 bits per heavy atom. The van der Waals surface area contributed by atoms with Gasteiger partial charge in [-0.05, 0) is 58.0 Å². The highest BCUT2D eigenvalue weighted by atomic mass is 35.5. The van der Waals surface area contributed by atoms with Gasteiger partial charge in [0, 0.05) is 0 Å². The molecule has 2 aromatic rings. The molecule has 0 aromatic carbocycles. The molecule has 0 radical (unpaired) electrons. The predicted molar refractivity (Wildman–Crippen MR) is 98.1 cm³/mol. The second kappa shape index (κ2) is 5.84. The molecule has 9 heteroatoms. The first-order chi connectivity index (χ1) is 9.90. The van der Waals surface area contributed by atoms with E-state index in [1.807, 2.05) is 12.3 Å². The van der Waals surface area contributed by atoms with Gasteiger partial charge in [0.15, 0.2) is 22.3 Å². The number of nitrogens with zero attached hydrogens (tertiary/aromatic N) is 3. The summed E-state index contributed by atoms with van der Waals surface area (Å²) in [5.41, 5.74) is 0.761. The number of aromatic nitrogens is 3. The molecule has 22 heavy (non-hydrogen) atoms. The second-order valence-corrected chi connectivity index (χ2v) is 20.3. The lowest BCUT2D eigenvalue weighted by Gasteiger charge is -2.37. The zero-order valence-corrected chi connectivity index (χ0v) is 18.0. The molecule has 0 aliphatic carbocycles. The van der Waals surface area contributed by atoms with Crippen molar-refractivity contribution in [2.75, 3.05) is 0 Å². The standard InChI is InChI=1S/C13H24ClN3O2Si3/c1-20(2,3)18-22(7,19-21(4,5)6)13-10-15-12-9-8-11(14)16-17(12)13/h8-10H,1-7H3. The van der Waals surface area contributed by atoms with Crippen molar-refractivity contribution in [2.24, 2.45) is 0 Å². The summed E-state index contributed by atoms with van der Waals surface area (Å²) in [7, 11) is -6.21. The van der Waals surface area contributed by atoms with Crippen molar-refractivity contribution in [2.45, 2.75) is 45.8 Å². The summed E-state index contributed by atoms with van der Waals surface area (Å²) in [6, 6.07) is 3.60. The van der Waals surface area contributed by atoms with Crippen LogP contribution in [0.2, 0.25) is 51.0 Å². The van der Waals surface area contributed by atoms with Crippen molar-refractivity contribution in [3.63, 3.8) is 0 Å². The molecule has 0 amide bonds. The Bertz CT molecular complexity index is 663. The number of hydrogen-bond acceptors (Lipinski definition) is 4. The minimum absolute atomic E-state index is 0.434. The molecule has 0 bridgehead atoms. The predicted octanol–water partition coefficient (Wildman–Crippen LogP) is 3.36. The van der Waals surface area contributed by atoms with Gasteiger partial charge in [-0.25, -0.2) is 9.50 Å². The topological polar surface area (TPSA) is 48.7 Å². The van der Waals surface area contributed by atoms with E-state index in [2.05, 4.69) is 55.9 Å². The number of halogens is 1. The van der Waals surface area contributed by atoms with Crippen LogP contribution in [0.25, 0.3) is 5.65 Å². The van der Waals surface area contributed by atoms with Crippen molar-refractivity contribution in [1.29, 1.82) is 0 Å². The summed E-state index contributed by atoms with van der Waals surface area (Å²) in [6.45, 7) is 15.1. The molecule has 0 saturated heterocycles. The maximum atomic E-state index is 6.54. The van der Waals surface area contributed by atoms with Gasteiger partial charge in [-0.2, -0.15) is 5.10 Å². The molecule has 0 N–H and O–H groups in total. The normalized spacial score (nSPS) is 13.8. The molecule has 2 aromatic heterocycles. The van der Waals surface area contributed by atoms with Crippen LogP contribution >= 0.6 is 11.6 Å². The molecule has 0 aliphatic rings. The summed E-state index contributed by atoms with van der Waals surface area (Å²) in [6.07, 6.45) is 1.82. The Hall–Kier alpha value is -0.519. The fraction of sp³-hybridized carbons (Fsp3) is 0.538. The third kappa shape index (κ3) is 4.27. The van der Waals surface area contributed by atoms with Gasteiger partial charge in [-0.1, -0.05) is 11.6 Å². The number of rotatable bonds is 5. The maximum absolute atomic E-state index is 6.54. The van der Waals surface area contributed by atoms with Crippen LogP contribution in [-0.2, 0) is 8.23 Å². The van der Waals surface area contributed by atoms with Gasteiger partial charge < -0.3 is 8.23 Å². The van der Waals surface area contributed by atoms with Gasteiger partial charge in [0.05, 0.1) is 6.20 Å². The molecule has 0 aliphatic heterocycles. The van der Waals surface area contributed by atoms with E-state index < -0.39 is 25.2 Å². The first kappa shape index (κ1) is 17.8. The third-order valence-electron chi connectivity index (χ3n) is 2.80. The van der Waals surface area contributed by atoms with Gasteiger partial charge >= 0.3 is 8.56 Å². The molecule has 0 fully saturated rings. The molecule has 0 unspecified atom stereocenters. The van der Waals surface area contributed by atoms with E-state index in [-0.39, 0.29) is 0 Å². The third-order valence-corrected chi connectivity index (χ3v) is 12.3. The first-order valence-electron chi connectivity index (χ1n) is 7.31. The molecule has 5 nitrogen and oxygen atoms in total. The van der Waals surface area contributed by atoms with E-state index in [1.165, 1.54) is 0 Å². The number of hydrogen-bond donors (Lipinski definition) is 0.